The number of nitrogens with one attached hydrogen (secondary N) is 1. The second-order valence-electron chi connectivity index (χ2n) is 3.92. The second kappa shape index (κ2) is 5.22. The fraction of sp³-hybridized carbons (Fsp3) is 0.500. The number of nitrogens with zero attached hydrogens (tertiary/aromatic N) is 2. The minimum absolute atomic E-state index is 0.0146. The summed E-state index contributed by atoms with van der Waals surface area (Å²) in [4.78, 5) is 14.1. The van der Waals surface area contributed by atoms with Crippen LogP contribution in [0.15, 0.2) is 18.5 Å². The van der Waals surface area contributed by atoms with Crippen LogP contribution in [0.25, 0.3) is 0 Å². The Balaban J connectivity index is 2.08. The molecule has 17 heavy (non-hydrogen) atoms. The van der Waals surface area contributed by atoms with Gasteiger partial charge in [0.05, 0.1) is 4.92 Å². The van der Waals surface area contributed by atoms with Gasteiger partial charge in [-0.2, -0.15) is 0 Å². The van der Waals surface area contributed by atoms with Crippen LogP contribution in [0.3, 0.4) is 0 Å². The molecular formula is C10H13N3O3S. The van der Waals surface area contributed by atoms with E-state index in [1.165, 1.54) is 12.4 Å². The van der Waals surface area contributed by atoms with E-state index in [2.05, 4.69) is 10.3 Å². The van der Waals surface area contributed by atoms with Crippen molar-refractivity contribution in [3.05, 3.63) is 28.6 Å². The van der Waals surface area contributed by atoms with Gasteiger partial charge in [0.1, 0.15) is 11.9 Å². The summed E-state index contributed by atoms with van der Waals surface area (Å²) in [6.07, 6.45) is 4.33. The van der Waals surface area contributed by atoms with Crippen LogP contribution in [0.2, 0.25) is 0 Å². The Hall–Kier alpha value is -1.50. The summed E-state index contributed by atoms with van der Waals surface area (Å²) >= 11 is 0. The fourth-order valence-electron chi connectivity index (χ4n) is 1.81. The lowest BCUT2D eigenvalue weighted by atomic mass is 10.1. The predicted molar refractivity (Wildman–Crippen MR) is 65.4 cm³/mol. The Bertz CT molecular complexity index is 442. The zero-order valence-electron chi connectivity index (χ0n) is 9.17. The van der Waals surface area contributed by atoms with Crippen LogP contribution < -0.4 is 5.32 Å². The molecule has 1 aromatic heterocycles. The van der Waals surface area contributed by atoms with Gasteiger partial charge in [-0.05, 0) is 18.9 Å². The third-order valence-electron chi connectivity index (χ3n) is 2.74. The van der Waals surface area contributed by atoms with Crippen LogP contribution in [0, 0.1) is 10.1 Å². The van der Waals surface area contributed by atoms with E-state index < -0.39 is 15.7 Å². The summed E-state index contributed by atoms with van der Waals surface area (Å²) in [6, 6.07) is 1.76. The molecule has 0 aromatic carbocycles. The molecule has 0 spiro atoms. The van der Waals surface area contributed by atoms with E-state index in [1.807, 2.05) is 0 Å². The molecular weight excluding hydrogens is 242 g/mol. The van der Waals surface area contributed by atoms with E-state index >= 15 is 0 Å². The van der Waals surface area contributed by atoms with E-state index in [0.29, 0.717) is 17.2 Å². The van der Waals surface area contributed by atoms with Crippen molar-refractivity contribution in [2.24, 2.45) is 0 Å². The van der Waals surface area contributed by atoms with Crippen molar-refractivity contribution in [1.82, 2.24) is 4.98 Å². The van der Waals surface area contributed by atoms with Crippen LogP contribution >= 0.6 is 0 Å². The van der Waals surface area contributed by atoms with Gasteiger partial charge in [-0.3, -0.25) is 19.3 Å². The zero-order chi connectivity index (χ0) is 12.3. The molecule has 1 aliphatic heterocycles. The topological polar surface area (TPSA) is 85.1 Å². The molecule has 1 fully saturated rings. The summed E-state index contributed by atoms with van der Waals surface area (Å²) in [5, 5.41) is 13.9. The van der Waals surface area contributed by atoms with Gasteiger partial charge >= 0.3 is 5.69 Å². The Kier molecular flexibility index (Phi) is 3.68. The van der Waals surface area contributed by atoms with Crippen molar-refractivity contribution in [3.8, 4) is 0 Å². The number of anilines is 1. The molecule has 1 saturated heterocycles. The van der Waals surface area contributed by atoms with Crippen molar-refractivity contribution in [1.29, 1.82) is 0 Å². The third kappa shape index (κ3) is 3.00. The predicted octanol–water partition coefficient (Wildman–Crippen LogP) is 1.31. The first kappa shape index (κ1) is 12.0. The summed E-state index contributed by atoms with van der Waals surface area (Å²) in [5.74, 6) is 1.33. The molecule has 2 heterocycles. The maximum atomic E-state index is 11.2. The average molecular weight is 255 g/mol. The number of nitro groups is 1. The maximum Gasteiger partial charge on any atom is 0.310 e. The lowest BCUT2D eigenvalue weighted by Gasteiger charge is -2.23. The van der Waals surface area contributed by atoms with Gasteiger partial charge in [-0.25, -0.2) is 0 Å². The molecule has 0 radical (unpaired) electrons. The molecule has 1 aliphatic rings. The van der Waals surface area contributed by atoms with Gasteiger partial charge in [-0.1, -0.05) is 0 Å². The highest BCUT2D eigenvalue weighted by Crippen LogP contribution is 2.24. The Morgan fingerprint density at radius 2 is 2.18 bits per heavy atom. The standard InChI is InChI=1S/C10H13N3O3S/c14-13(15)10-7-11-4-1-9(10)12-8-2-5-17(16)6-3-8/h1,4,7-8H,2-3,5-6H2,(H,11,12). The summed E-state index contributed by atoms with van der Waals surface area (Å²) in [5.41, 5.74) is 0.474. The molecule has 1 N–H and O–H groups in total. The van der Waals surface area contributed by atoms with Gasteiger partial charge in [0.15, 0.2) is 0 Å². The smallest absolute Gasteiger partial charge is 0.310 e. The number of aromatic nitrogens is 1. The average Bonchev–Trinajstić information content (AvgIpc) is 2.32. The number of hydrogen-bond donors (Lipinski definition) is 1. The molecule has 1 aromatic rings. The maximum absolute atomic E-state index is 11.2. The van der Waals surface area contributed by atoms with Gasteiger partial charge < -0.3 is 5.32 Å². The number of hydrogen-bond acceptors (Lipinski definition) is 5. The number of rotatable bonds is 3. The van der Waals surface area contributed by atoms with E-state index in [-0.39, 0.29) is 11.7 Å². The Labute approximate surface area is 101 Å². The van der Waals surface area contributed by atoms with Crippen molar-refractivity contribution < 1.29 is 9.13 Å². The third-order valence-corrected chi connectivity index (χ3v) is 4.13. The van der Waals surface area contributed by atoms with E-state index in [1.54, 1.807) is 6.07 Å². The quantitative estimate of drug-likeness (QED) is 0.650. The van der Waals surface area contributed by atoms with E-state index in [0.717, 1.165) is 12.8 Å². The summed E-state index contributed by atoms with van der Waals surface area (Å²) in [7, 11) is -0.719. The fourth-order valence-corrected chi connectivity index (χ4v) is 3.11. The molecule has 6 nitrogen and oxygen atoms in total. The van der Waals surface area contributed by atoms with Crippen LogP contribution in [0.1, 0.15) is 12.8 Å². The van der Waals surface area contributed by atoms with Crippen molar-refractivity contribution >= 4 is 22.2 Å². The summed E-state index contributed by atoms with van der Waals surface area (Å²) in [6.45, 7) is 0. The Morgan fingerprint density at radius 3 is 2.82 bits per heavy atom. The van der Waals surface area contributed by atoms with Crippen molar-refractivity contribution in [3.63, 3.8) is 0 Å². The van der Waals surface area contributed by atoms with E-state index in [4.69, 9.17) is 0 Å². The SMILES string of the molecule is O=[N+]([O-])c1cnccc1NC1CCS(=O)CC1. The zero-order valence-corrected chi connectivity index (χ0v) is 9.98. The minimum atomic E-state index is -0.719. The lowest BCUT2D eigenvalue weighted by Crippen LogP contribution is -2.29. The highest BCUT2D eigenvalue weighted by molar-refractivity contribution is 7.85. The Morgan fingerprint density at radius 1 is 1.47 bits per heavy atom. The molecule has 0 amide bonds. The summed E-state index contributed by atoms with van der Waals surface area (Å²) < 4.78 is 11.2. The monoisotopic (exact) mass is 255 g/mol. The van der Waals surface area contributed by atoms with Crippen molar-refractivity contribution in [2.45, 2.75) is 18.9 Å². The van der Waals surface area contributed by atoms with Crippen LogP contribution in [-0.4, -0.2) is 31.7 Å². The molecule has 2 rings (SSSR count). The van der Waals surface area contributed by atoms with Gasteiger partial charge in [0.2, 0.25) is 0 Å². The first-order chi connectivity index (χ1) is 8.16. The van der Waals surface area contributed by atoms with Gasteiger partial charge in [-0.15, -0.1) is 0 Å². The first-order valence-corrected chi connectivity index (χ1v) is 6.85. The van der Waals surface area contributed by atoms with Crippen LogP contribution in [0.5, 0.6) is 0 Å². The molecule has 92 valence electrons. The first-order valence-electron chi connectivity index (χ1n) is 5.37. The lowest BCUT2D eigenvalue weighted by molar-refractivity contribution is -0.384. The minimum Gasteiger partial charge on any atom is -0.377 e. The highest BCUT2D eigenvalue weighted by atomic mass is 32.2. The molecule has 0 saturated carbocycles. The van der Waals surface area contributed by atoms with Crippen LogP contribution in [0.4, 0.5) is 11.4 Å². The largest absolute Gasteiger partial charge is 0.377 e. The van der Waals surface area contributed by atoms with E-state index in [9.17, 15) is 14.3 Å². The van der Waals surface area contributed by atoms with Gasteiger partial charge in [0.25, 0.3) is 0 Å². The van der Waals surface area contributed by atoms with Crippen LogP contribution in [-0.2, 0) is 10.8 Å². The number of pyridine rings is 1. The molecule has 7 heteroatoms. The van der Waals surface area contributed by atoms with Crippen molar-refractivity contribution in [2.75, 3.05) is 16.8 Å². The molecule has 0 aliphatic carbocycles. The molecule has 0 atom stereocenters. The highest BCUT2D eigenvalue weighted by Gasteiger charge is 2.21. The molecule has 0 unspecified atom stereocenters. The molecule has 0 bridgehead atoms. The van der Waals surface area contributed by atoms with Gasteiger partial charge in [0, 0.05) is 34.5 Å². The normalized spacial score (nSPS) is 24.2. The second-order valence-corrected chi connectivity index (χ2v) is 5.61.